The highest BCUT2D eigenvalue weighted by Gasteiger charge is 2.18. The fourth-order valence-corrected chi connectivity index (χ4v) is 3.02. The SMILES string of the molecule is CC(=O)Cc1nsc(NC(=O)c2cc(-c3cccc(C(N)=O)c3)oc2C)n1. The molecule has 27 heavy (non-hydrogen) atoms. The zero-order valence-electron chi connectivity index (χ0n) is 14.6. The molecule has 138 valence electrons. The van der Waals surface area contributed by atoms with Gasteiger partial charge in [0.25, 0.3) is 5.91 Å². The van der Waals surface area contributed by atoms with Crippen molar-refractivity contribution in [3.8, 4) is 11.3 Å². The third-order valence-corrected chi connectivity index (χ3v) is 4.36. The quantitative estimate of drug-likeness (QED) is 0.672. The second kappa shape index (κ2) is 7.50. The summed E-state index contributed by atoms with van der Waals surface area (Å²) in [4.78, 5) is 39.1. The van der Waals surface area contributed by atoms with E-state index in [-0.39, 0.29) is 12.2 Å². The molecule has 9 heteroatoms. The molecule has 3 rings (SSSR count). The zero-order valence-corrected chi connectivity index (χ0v) is 15.4. The predicted octanol–water partition coefficient (Wildman–Crippen LogP) is 2.59. The van der Waals surface area contributed by atoms with E-state index < -0.39 is 11.8 Å². The van der Waals surface area contributed by atoms with E-state index in [4.69, 9.17) is 10.2 Å². The predicted molar refractivity (Wildman–Crippen MR) is 99.6 cm³/mol. The van der Waals surface area contributed by atoms with Gasteiger partial charge in [-0.1, -0.05) is 12.1 Å². The lowest BCUT2D eigenvalue weighted by molar-refractivity contribution is -0.116. The monoisotopic (exact) mass is 384 g/mol. The van der Waals surface area contributed by atoms with Crippen LogP contribution < -0.4 is 11.1 Å². The highest BCUT2D eigenvalue weighted by atomic mass is 32.1. The van der Waals surface area contributed by atoms with Gasteiger partial charge in [0.2, 0.25) is 11.0 Å². The highest BCUT2D eigenvalue weighted by molar-refractivity contribution is 7.09. The number of hydrogen-bond acceptors (Lipinski definition) is 7. The summed E-state index contributed by atoms with van der Waals surface area (Å²) in [6.07, 6.45) is 0.122. The lowest BCUT2D eigenvalue weighted by atomic mass is 10.1. The lowest BCUT2D eigenvalue weighted by Crippen LogP contribution is -2.12. The molecule has 0 fully saturated rings. The molecule has 0 atom stereocenters. The molecule has 0 radical (unpaired) electrons. The maximum Gasteiger partial charge on any atom is 0.261 e. The first-order chi connectivity index (χ1) is 12.8. The van der Waals surface area contributed by atoms with Gasteiger partial charge in [-0.15, -0.1) is 0 Å². The van der Waals surface area contributed by atoms with Crippen LogP contribution in [-0.2, 0) is 11.2 Å². The molecule has 0 aliphatic carbocycles. The smallest absolute Gasteiger partial charge is 0.261 e. The van der Waals surface area contributed by atoms with Crippen molar-refractivity contribution < 1.29 is 18.8 Å². The van der Waals surface area contributed by atoms with Crippen molar-refractivity contribution in [2.75, 3.05) is 5.32 Å². The Kier molecular flexibility index (Phi) is 5.13. The Labute approximate surface area is 158 Å². The molecule has 2 aromatic heterocycles. The Morgan fingerprint density at radius 2 is 2.04 bits per heavy atom. The van der Waals surface area contributed by atoms with Crippen LogP contribution in [0.4, 0.5) is 5.13 Å². The summed E-state index contributed by atoms with van der Waals surface area (Å²) in [6.45, 7) is 3.11. The molecule has 0 aliphatic rings. The highest BCUT2D eigenvalue weighted by Crippen LogP contribution is 2.27. The number of primary amides is 1. The fourth-order valence-electron chi connectivity index (χ4n) is 2.44. The number of aromatic nitrogens is 2. The minimum atomic E-state index is -0.546. The average Bonchev–Trinajstić information content (AvgIpc) is 3.21. The Bertz CT molecular complexity index is 1040. The van der Waals surface area contributed by atoms with Crippen molar-refractivity contribution in [3.63, 3.8) is 0 Å². The van der Waals surface area contributed by atoms with E-state index in [0.29, 0.717) is 39.2 Å². The summed E-state index contributed by atoms with van der Waals surface area (Å²) in [7, 11) is 0. The zero-order chi connectivity index (χ0) is 19.6. The number of nitrogens with zero attached hydrogens (tertiary/aromatic N) is 2. The maximum absolute atomic E-state index is 12.5. The van der Waals surface area contributed by atoms with Crippen molar-refractivity contribution in [3.05, 3.63) is 53.0 Å². The van der Waals surface area contributed by atoms with Gasteiger partial charge < -0.3 is 10.2 Å². The van der Waals surface area contributed by atoms with Crippen LogP contribution in [0.1, 0.15) is 39.2 Å². The second-order valence-corrected chi connectivity index (χ2v) is 6.63. The van der Waals surface area contributed by atoms with Crippen LogP contribution in [-0.4, -0.2) is 27.0 Å². The van der Waals surface area contributed by atoms with Crippen molar-refractivity contribution in [2.45, 2.75) is 20.3 Å². The van der Waals surface area contributed by atoms with Gasteiger partial charge >= 0.3 is 0 Å². The number of carbonyl (C=O) groups excluding carboxylic acids is 3. The molecule has 3 N–H and O–H groups in total. The number of aryl methyl sites for hydroxylation is 1. The molecular weight excluding hydrogens is 368 g/mol. The lowest BCUT2D eigenvalue weighted by Gasteiger charge is -1.99. The summed E-state index contributed by atoms with van der Waals surface area (Å²) in [5, 5.41) is 2.95. The van der Waals surface area contributed by atoms with Crippen LogP contribution in [0.3, 0.4) is 0 Å². The molecule has 0 saturated heterocycles. The van der Waals surface area contributed by atoms with Gasteiger partial charge in [0.05, 0.1) is 12.0 Å². The third-order valence-electron chi connectivity index (χ3n) is 3.69. The van der Waals surface area contributed by atoms with E-state index >= 15 is 0 Å². The van der Waals surface area contributed by atoms with Gasteiger partial charge in [0, 0.05) is 22.7 Å². The summed E-state index contributed by atoms with van der Waals surface area (Å²) >= 11 is 1.00. The summed E-state index contributed by atoms with van der Waals surface area (Å²) in [6, 6.07) is 8.22. The Balaban J connectivity index is 1.80. The largest absolute Gasteiger partial charge is 0.461 e. The number of rotatable bonds is 6. The molecule has 3 aromatic rings. The molecule has 0 spiro atoms. The van der Waals surface area contributed by atoms with Gasteiger partial charge in [-0.25, -0.2) is 4.98 Å². The number of Topliss-reactive ketones (excluding diaryl/α,β-unsaturated/α-hetero) is 1. The van der Waals surface area contributed by atoms with E-state index in [1.807, 2.05) is 0 Å². The van der Waals surface area contributed by atoms with Gasteiger partial charge in [-0.05, 0) is 32.0 Å². The van der Waals surface area contributed by atoms with Gasteiger partial charge in [0.1, 0.15) is 17.3 Å². The first-order valence-corrected chi connectivity index (χ1v) is 8.75. The summed E-state index contributed by atoms with van der Waals surface area (Å²) in [5.74, 6) is 0.223. The van der Waals surface area contributed by atoms with Crippen LogP contribution in [0.25, 0.3) is 11.3 Å². The standard InChI is InChI=1S/C18H16N4O4S/c1-9(23)6-15-20-18(27-22-15)21-17(25)13-8-14(26-10(13)2)11-4-3-5-12(7-11)16(19)24/h3-5,7-8H,6H2,1-2H3,(H2,19,24)(H,20,21,22,25). The number of benzene rings is 1. The molecular formula is C18H16N4O4S. The summed E-state index contributed by atoms with van der Waals surface area (Å²) in [5.41, 5.74) is 6.61. The Morgan fingerprint density at radius 3 is 2.74 bits per heavy atom. The normalized spacial score (nSPS) is 10.6. The number of nitrogens with two attached hydrogens (primary N) is 1. The Hall–Kier alpha value is -3.33. The molecule has 1 aromatic carbocycles. The van der Waals surface area contributed by atoms with E-state index in [1.165, 1.54) is 6.92 Å². The van der Waals surface area contributed by atoms with E-state index in [1.54, 1.807) is 37.3 Å². The first-order valence-electron chi connectivity index (χ1n) is 7.97. The molecule has 0 saturated carbocycles. The van der Waals surface area contributed by atoms with Crippen molar-refractivity contribution in [1.82, 2.24) is 9.36 Å². The third kappa shape index (κ3) is 4.26. The van der Waals surface area contributed by atoms with Crippen molar-refractivity contribution in [2.24, 2.45) is 5.73 Å². The number of ketones is 1. The molecule has 2 heterocycles. The topological polar surface area (TPSA) is 128 Å². The minimum absolute atomic E-state index is 0.0563. The van der Waals surface area contributed by atoms with Crippen molar-refractivity contribution >= 4 is 34.3 Å². The van der Waals surface area contributed by atoms with Crippen LogP contribution in [0.15, 0.2) is 34.7 Å². The second-order valence-electron chi connectivity index (χ2n) is 5.87. The molecule has 8 nitrogen and oxygen atoms in total. The van der Waals surface area contributed by atoms with E-state index in [2.05, 4.69) is 14.7 Å². The summed E-state index contributed by atoms with van der Waals surface area (Å²) < 4.78 is 9.69. The van der Waals surface area contributed by atoms with Crippen LogP contribution in [0.5, 0.6) is 0 Å². The van der Waals surface area contributed by atoms with Gasteiger partial charge in [-0.3, -0.25) is 19.7 Å². The van der Waals surface area contributed by atoms with E-state index in [0.717, 1.165) is 11.5 Å². The van der Waals surface area contributed by atoms with Crippen molar-refractivity contribution in [1.29, 1.82) is 0 Å². The number of carbonyl (C=O) groups is 3. The number of furan rings is 1. The molecule has 0 unspecified atom stereocenters. The first kappa shape index (κ1) is 18.5. The van der Waals surface area contributed by atoms with Crippen LogP contribution >= 0.6 is 11.5 Å². The van der Waals surface area contributed by atoms with Gasteiger partial charge in [0.15, 0.2) is 5.82 Å². The minimum Gasteiger partial charge on any atom is -0.461 e. The number of anilines is 1. The maximum atomic E-state index is 12.5. The number of nitrogens with one attached hydrogen (secondary N) is 1. The van der Waals surface area contributed by atoms with Crippen LogP contribution in [0, 0.1) is 6.92 Å². The van der Waals surface area contributed by atoms with E-state index in [9.17, 15) is 14.4 Å². The molecule has 2 amide bonds. The fraction of sp³-hybridized carbons (Fsp3) is 0.167. The number of hydrogen-bond donors (Lipinski definition) is 2. The van der Waals surface area contributed by atoms with Gasteiger partial charge in [-0.2, -0.15) is 4.37 Å². The number of amides is 2. The Morgan fingerprint density at radius 1 is 1.26 bits per heavy atom. The van der Waals surface area contributed by atoms with Crippen LogP contribution in [0.2, 0.25) is 0 Å². The molecule has 0 aliphatic heterocycles. The molecule has 0 bridgehead atoms. The average molecular weight is 384 g/mol.